The van der Waals surface area contributed by atoms with Gasteiger partial charge in [-0.25, -0.2) is 0 Å². The molecule has 0 saturated heterocycles. The van der Waals surface area contributed by atoms with Crippen LogP contribution in [-0.2, 0) is 11.2 Å². The summed E-state index contributed by atoms with van der Waals surface area (Å²) in [6.45, 7) is 5.74. The second-order valence-corrected chi connectivity index (χ2v) is 6.93. The minimum Gasteiger partial charge on any atom is -0.511 e. The van der Waals surface area contributed by atoms with Gasteiger partial charge in [-0.15, -0.1) is 0 Å². The van der Waals surface area contributed by atoms with Crippen LogP contribution in [0.5, 0.6) is 0 Å². The number of aryl methyl sites for hydroxylation is 1. The molecule has 0 unspecified atom stereocenters. The first kappa shape index (κ1) is 15.4. The lowest BCUT2D eigenvalue weighted by atomic mass is 9.87. The molecule has 0 aliphatic carbocycles. The molecule has 2 N–H and O–H groups in total. The van der Waals surface area contributed by atoms with Crippen LogP contribution in [0.25, 0.3) is 5.57 Å². The predicted octanol–water partition coefficient (Wildman–Crippen LogP) is 4.23. The van der Waals surface area contributed by atoms with Gasteiger partial charge in [-0.05, 0) is 38.0 Å². The van der Waals surface area contributed by atoms with Gasteiger partial charge in [-0.2, -0.15) is 0 Å². The van der Waals surface area contributed by atoms with Crippen molar-refractivity contribution in [3.05, 3.63) is 38.5 Å². The van der Waals surface area contributed by atoms with Crippen molar-refractivity contribution in [3.63, 3.8) is 0 Å². The Bertz CT molecular complexity index is 608. The lowest BCUT2D eigenvalue weighted by Gasteiger charge is -2.32. The maximum absolute atomic E-state index is 12.3. The highest BCUT2D eigenvalue weighted by Crippen LogP contribution is 2.36. The molecule has 3 nitrogen and oxygen atoms in total. The molecule has 1 aliphatic heterocycles. The Morgan fingerprint density at radius 3 is 2.65 bits per heavy atom. The van der Waals surface area contributed by atoms with E-state index in [0.29, 0.717) is 22.6 Å². The largest absolute Gasteiger partial charge is 0.511 e. The molecule has 108 valence electrons. The van der Waals surface area contributed by atoms with E-state index in [1.165, 1.54) is 0 Å². The number of amides is 1. The molecular weight excluding hydrogens is 342 g/mol. The first-order valence-electron chi connectivity index (χ1n) is 6.48. The van der Waals surface area contributed by atoms with Crippen LogP contribution in [-0.4, -0.2) is 16.6 Å². The number of nitrogens with one attached hydrogen (secondary N) is 1. The molecule has 20 heavy (non-hydrogen) atoms. The predicted molar refractivity (Wildman–Crippen MR) is 84.9 cm³/mol. The number of aliphatic hydroxyl groups excluding tert-OH is 1. The zero-order chi connectivity index (χ0) is 15.1. The molecule has 2 rings (SSSR count). The standard InChI is InChI=1S/C15H17BrClNO2/c1-4-8-5-9(16)6-10(17)12(8)13-11(19)7-15(2,3)18-14(13)20/h5-6,19H,4,7H2,1-3H3,(H,18,20). The number of carbonyl (C=O) groups is 1. The molecule has 0 fully saturated rings. The summed E-state index contributed by atoms with van der Waals surface area (Å²) in [5.74, 6) is -0.185. The highest BCUT2D eigenvalue weighted by molar-refractivity contribution is 9.10. The second kappa shape index (κ2) is 5.41. The summed E-state index contributed by atoms with van der Waals surface area (Å²) in [6.07, 6.45) is 1.12. The fraction of sp³-hybridized carbons (Fsp3) is 0.400. The van der Waals surface area contributed by atoms with E-state index in [1.54, 1.807) is 6.07 Å². The van der Waals surface area contributed by atoms with Gasteiger partial charge in [0, 0.05) is 22.0 Å². The molecule has 1 aliphatic rings. The van der Waals surface area contributed by atoms with Crippen molar-refractivity contribution in [2.45, 2.75) is 39.2 Å². The zero-order valence-electron chi connectivity index (χ0n) is 11.7. The maximum Gasteiger partial charge on any atom is 0.255 e. The first-order valence-corrected chi connectivity index (χ1v) is 7.65. The Morgan fingerprint density at radius 1 is 1.45 bits per heavy atom. The number of halogens is 2. The molecule has 1 aromatic rings. The number of hydrogen-bond donors (Lipinski definition) is 2. The molecule has 1 aromatic carbocycles. The molecule has 0 radical (unpaired) electrons. The Morgan fingerprint density at radius 2 is 2.10 bits per heavy atom. The quantitative estimate of drug-likeness (QED) is 0.831. The van der Waals surface area contributed by atoms with Gasteiger partial charge in [0.15, 0.2) is 0 Å². The molecule has 1 amide bonds. The summed E-state index contributed by atoms with van der Waals surface area (Å²) in [6, 6.07) is 3.66. The van der Waals surface area contributed by atoms with Crippen molar-refractivity contribution in [2.24, 2.45) is 0 Å². The van der Waals surface area contributed by atoms with Crippen LogP contribution >= 0.6 is 27.5 Å². The summed E-state index contributed by atoms with van der Waals surface area (Å²) in [7, 11) is 0. The summed E-state index contributed by atoms with van der Waals surface area (Å²) in [5.41, 5.74) is 1.40. The summed E-state index contributed by atoms with van der Waals surface area (Å²) < 4.78 is 0.861. The van der Waals surface area contributed by atoms with E-state index in [9.17, 15) is 9.90 Å². The molecule has 0 bridgehead atoms. The Hall–Kier alpha value is -1.00. The van der Waals surface area contributed by atoms with Gasteiger partial charge in [0.25, 0.3) is 5.91 Å². The minimum absolute atomic E-state index is 0.0951. The smallest absolute Gasteiger partial charge is 0.255 e. The minimum atomic E-state index is -0.446. The van der Waals surface area contributed by atoms with Gasteiger partial charge in [0.05, 0.1) is 10.6 Å². The van der Waals surface area contributed by atoms with Crippen LogP contribution in [0.15, 0.2) is 22.4 Å². The molecule has 5 heteroatoms. The van der Waals surface area contributed by atoms with E-state index < -0.39 is 5.54 Å². The molecule has 0 aromatic heterocycles. The van der Waals surface area contributed by atoms with Crippen molar-refractivity contribution in [1.29, 1.82) is 0 Å². The molecule has 0 saturated carbocycles. The Balaban J connectivity index is 2.65. The third-order valence-corrected chi connectivity index (χ3v) is 4.10. The van der Waals surface area contributed by atoms with Crippen LogP contribution in [0, 0.1) is 0 Å². The van der Waals surface area contributed by atoms with Crippen molar-refractivity contribution in [1.82, 2.24) is 5.32 Å². The van der Waals surface area contributed by atoms with E-state index in [1.807, 2.05) is 26.8 Å². The third-order valence-electron chi connectivity index (χ3n) is 3.34. The van der Waals surface area contributed by atoms with Crippen molar-refractivity contribution in [2.75, 3.05) is 0 Å². The molecule has 1 heterocycles. The zero-order valence-corrected chi connectivity index (χ0v) is 14.0. The van der Waals surface area contributed by atoms with Crippen LogP contribution in [0.1, 0.15) is 38.3 Å². The molecule has 0 spiro atoms. The highest BCUT2D eigenvalue weighted by Gasteiger charge is 2.34. The molecule has 0 atom stereocenters. The maximum atomic E-state index is 12.3. The number of rotatable bonds is 2. The normalized spacial score (nSPS) is 18.1. The van der Waals surface area contributed by atoms with Gasteiger partial charge in [-0.3, -0.25) is 4.79 Å². The summed E-state index contributed by atoms with van der Waals surface area (Å²) in [5, 5.41) is 13.7. The average molecular weight is 359 g/mol. The van der Waals surface area contributed by atoms with Crippen molar-refractivity contribution >= 4 is 39.0 Å². The van der Waals surface area contributed by atoms with Crippen molar-refractivity contribution < 1.29 is 9.90 Å². The van der Waals surface area contributed by atoms with Gasteiger partial charge in [0.1, 0.15) is 5.76 Å². The van der Waals surface area contributed by atoms with Gasteiger partial charge in [0.2, 0.25) is 0 Å². The lowest BCUT2D eigenvalue weighted by Crippen LogP contribution is -2.47. The lowest BCUT2D eigenvalue weighted by molar-refractivity contribution is -0.117. The fourth-order valence-electron chi connectivity index (χ4n) is 2.50. The SMILES string of the molecule is CCc1cc(Br)cc(Cl)c1C1=C(O)CC(C)(C)NC1=O. The van der Waals surface area contributed by atoms with E-state index in [4.69, 9.17) is 11.6 Å². The summed E-state index contributed by atoms with van der Waals surface area (Å²) in [4.78, 5) is 12.3. The number of carbonyl (C=O) groups excluding carboxylic acids is 1. The monoisotopic (exact) mass is 357 g/mol. The van der Waals surface area contributed by atoms with Crippen LogP contribution in [0.4, 0.5) is 0 Å². The van der Waals surface area contributed by atoms with E-state index in [2.05, 4.69) is 21.2 Å². The fourth-order valence-corrected chi connectivity index (χ4v) is 3.47. The van der Waals surface area contributed by atoms with Crippen LogP contribution < -0.4 is 5.32 Å². The average Bonchev–Trinajstić information content (AvgIpc) is 2.28. The number of aliphatic hydroxyl groups is 1. The Labute approximate surface area is 132 Å². The van der Waals surface area contributed by atoms with Gasteiger partial charge < -0.3 is 10.4 Å². The number of benzene rings is 1. The third kappa shape index (κ3) is 2.86. The topological polar surface area (TPSA) is 49.3 Å². The summed E-state index contributed by atoms with van der Waals surface area (Å²) >= 11 is 9.69. The van der Waals surface area contributed by atoms with E-state index in [0.717, 1.165) is 16.5 Å². The first-order chi connectivity index (χ1) is 9.25. The van der Waals surface area contributed by atoms with Crippen molar-refractivity contribution in [3.8, 4) is 0 Å². The number of hydrogen-bond acceptors (Lipinski definition) is 2. The Kier molecular flexibility index (Phi) is 4.17. The van der Waals surface area contributed by atoms with Gasteiger partial charge >= 0.3 is 0 Å². The molecular formula is C15H17BrClNO2. The van der Waals surface area contributed by atoms with Crippen LogP contribution in [0.3, 0.4) is 0 Å². The highest BCUT2D eigenvalue weighted by atomic mass is 79.9. The van der Waals surface area contributed by atoms with E-state index >= 15 is 0 Å². The van der Waals surface area contributed by atoms with Crippen LogP contribution in [0.2, 0.25) is 5.02 Å². The van der Waals surface area contributed by atoms with Gasteiger partial charge in [-0.1, -0.05) is 34.5 Å². The van der Waals surface area contributed by atoms with E-state index in [-0.39, 0.29) is 11.7 Å². The second-order valence-electron chi connectivity index (χ2n) is 5.61.